The Morgan fingerprint density at radius 2 is 0.623 bits per heavy atom. The number of aromatic nitrogens is 12. The molecule has 6 N–H and O–H groups in total. The number of nitrogens with zero attached hydrogens (tertiary/aromatic N) is 18. The number of carboxylic acids is 4. The lowest BCUT2D eigenvalue weighted by Gasteiger charge is -2.38. The molecule has 12 aromatic rings. The van der Waals surface area contributed by atoms with Gasteiger partial charge in [-0.25, -0.2) is 85.4 Å². The first-order valence-corrected chi connectivity index (χ1v) is 41.9. The predicted octanol–water partition coefficient (Wildman–Crippen LogP) is 9.88. The highest BCUT2D eigenvalue weighted by Gasteiger charge is 2.40. The molecule has 130 heavy (non-hydrogen) atoms. The Balaban J connectivity index is 0.000000121. The van der Waals surface area contributed by atoms with Crippen molar-refractivity contribution in [3.8, 4) is 23.0 Å². The highest BCUT2D eigenvalue weighted by atomic mass is 19.1. The molecule has 676 valence electrons. The van der Waals surface area contributed by atoms with Gasteiger partial charge < -0.3 is 97.7 Å². The first kappa shape index (κ1) is 87.2. The van der Waals surface area contributed by atoms with Gasteiger partial charge in [-0.2, -0.15) is 0 Å². The van der Waals surface area contributed by atoms with E-state index in [0.29, 0.717) is 131 Å². The number of hydrogen-bond acceptors (Lipinski definition) is 28. The van der Waals surface area contributed by atoms with Gasteiger partial charge in [0.05, 0.1) is 92.6 Å². The van der Waals surface area contributed by atoms with Crippen LogP contribution in [0.3, 0.4) is 0 Å². The van der Waals surface area contributed by atoms with E-state index in [1.807, 2.05) is 87.1 Å². The molecule has 42 heteroatoms. The zero-order chi connectivity index (χ0) is 92.0. The van der Waals surface area contributed by atoms with E-state index in [1.165, 1.54) is 24.8 Å². The number of aryl methyl sites for hydroxylation is 4. The first-order chi connectivity index (χ1) is 62.1. The van der Waals surface area contributed by atoms with E-state index in [9.17, 15) is 67.6 Å². The summed E-state index contributed by atoms with van der Waals surface area (Å²) in [7, 11) is 0. The lowest BCUT2D eigenvalue weighted by Crippen LogP contribution is -2.47. The van der Waals surface area contributed by atoms with Gasteiger partial charge >= 0.3 is 23.9 Å². The van der Waals surface area contributed by atoms with Crippen LogP contribution in [0.25, 0.3) is 43.6 Å². The quantitative estimate of drug-likeness (QED) is 0.0551. The third kappa shape index (κ3) is 16.3. The number of aromatic carboxylic acids is 4. The van der Waals surface area contributed by atoms with Gasteiger partial charge in [0, 0.05) is 138 Å². The molecule has 8 aliphatic heterocycles. The minimum atomic E-state index is -1.36. The molecule has 0 amide bonds. The third-order valence-electron chi connectivity index (χ3n) is 24.1. The fraction of sp³-hybridized carbons (Fsp3) is 0.364. The maximum absolute atomic E-state index is 15.4. The van der Waals surface area contributed by atoms with Crippen molar-refractivity contribution >= 4 is 114 Å². The number of hydrogen-bond donors (Lipinski definition) is 6. The van der Waals surface area contributed by atoms with Gasteiger partial charge in [0.25, 0.3) is 0 Å². The zero-order valence-corrected chi connectivity index (χ0v) is 71.3. The zero-order valence-electron chi connectivity index (χ0n) is 71.3. The van der Waals surface area contributed by atoms with Gasteiger partial charge in [0.1, 0.15) is 71.4 Å². The predicted molar refractivity (Wildman–Crippen MR) is 466 cm³/mol. The van der Waals surface area contributed by atoms with Gasteiger partial charge in [-0.1, -0.05) is 0 Å². The molecule has 36 nitrogen and oxygen atoms in total. The summed E-state index contributed by atoms with van der Waals surface area (Å²) in [6.45, 7) is 22.0. The second kappa shape index (κ2) is 34.7. The van der Waals surface area contributed by atoms with E-state index in [0.717, 1.165) is 78.2 Å². The van der Waals surface area contributed by atoms with Crippen molar-refractivity contribution < 1.29 is 84.9 Å². The van der Waals surface area contributed by atoms with Crippen LogP contribution in [0.4, 0.5) is 72.9 Å². The van der Waals surface area contributed by atoms with E-state index in [4.69, 9.17) is 18.9 Å². The largest absolute Gasteiger partial charge is 0.487 e. The fourth-order valence-electron chi connectivity index (χ4n) is 17.9. The Hall–Kier alpha value is -14.9. The lowest BCUT2D eigenvalue weighted by molar-refractivity contribution is 0.0683. The lowest BCUT2D eigenvalue weighted by atomic mass is 10.1. The van der Waals surface area contributed by atoms with E-state index >= 15 is 17.6 Å². The molecule has 0 bridgehead atoms. The first-order valence-electron chi connectivity index (χ1n) is 41.9. The van der Waals surface area contributed by atoms with Crippen LogP contribution in [0.2, 0.25) is 0 Å². The number of halogens is 6. The Labute approximate surface area is 733 Å². The average molecular weight is 1790 g/mol. The SMILES string of the molecule is C[C@H]1COc2c(N3CCN(c4ncc(F)cn4)CC3)c(F)cc3c(=O)c(C(=O)O)cn1c23.C[C@H]1COc2c(N3CC[C@@H](Nc4ncc(F)cn4)C3)c(F)cc3c(=O)c(C(=O)O)cn1c23.Cc1cc(C)nc(N2CCN(c3c(F)cc4c(=O)c(C(=O)O)cn5c4c3OC[C@@H]5C)CC2)n1.Cc1cc(C)nc(N[C@@H]2CCN(c3c(F)cc4c(=O)c(C(=O)O)cn5c4c3OC[C@@H]5C)C2)n1. The number of carbonyl (C=O) groups is 4. The molecule has 0 saturated carbocycles. The second-order valence-electron chi connectivity index (χ2n) is 33.2. The van der Waals surface area contributed by atoms with Crippen molar-refractivity contribution in [2.45, 2.75) is 104 Å². The van der Waals surface area contributed by atoms with Gasteiger partial charge in [-0.15, -0.1) is 0 Å². The van der Waals surface area contributed by atoms with Crippen molar-refractivity contribution in [3.05, 3.63) is 207 Å². The Morgan fingerprint density at radius 3 is 0.931 bits per heavy atom. The summed E-state index contributed by atoms with van der Waals surface area (Å²) in [6, 6.07) is 7.31. The topological polar surface area (TPSA) is 421 Å². The molecule has 0 spiro atoms. The molecule has 8 aromatic heterocycles. The summed E-state index contributed by atoms with van der Waals surface area (Å²) >= 11 is 0. The minimum absolute atomic E-state index is 0.00703. The van der Waals surface area contributed by atoms with Crippen molar-refractivity contribution in [3.63, 3.8) is 0 Å². The summed E-state index contributed by atoms with van der Waals surface area (Å²) in [5.74, 6) is -6.07. The van der Waals surface area contributed by atoms with Gasteiger partial charge in [-0.05, 0) is 105 Å². The van der Waals surface area contributed by atoms with Crippen LogP contribution >= 0.6 is 0 Å². The number of pyridine rings is 4. The highest BCUT2D eigenvalue weighted by Crippen LogP contribution is 2.48. The molecule has 6 atom stereocenters. The number of rotatable bonds is 14. The second-order valence-corrected chi connectivity index (χ2v) is 33.2. The number of anilines is 8. The Morgan fingerprint density at radius 1 is 0.354 bits per heavy atom. The van der Waals surface area contributed by atoms with E-state index in [2.05, 4.69) is 55.4 Å². The minimum Gasteiger partial charge on any atom is -0.487 e. The van der Waals surface area contributed by atoms with Crippen LogP contribution in [-0.4, -0.2) is 219 Å². The molecular formula is C88H86F6N20O16. The standard InChI is InChI=1S/2C23H24FN5O4.2C21H19F2N5O4/c1-12-8-13(2)26-23(25-12)28-6-4-27(5-7-28)19-17(24)9-15-18-21(19)33-11-14(3)29(18)10-16(20(15)30)22(31)32;1-11-6-12(2)26-23(25-11)27-14-4-5-28(8-14)19-17(24)7-15-18-21(19)33-10-13(3)29(18)9-16(20(15)30)22(31)32;1-11-10-32-19-16-13(18(29)14(20(30)31)9-28(11)16)6-15(23)17(19)26-2-4-27(5-3-26)21-24-7-12(22)8-25-21;1-10-9-32-19-16-13(18(29)14(20(30)31)8-28(10)16)4-15(23)17(19)27-3-2-12(7-27)26-21-24-5-11(22)6-25-21/h8-10,14H,4-7,11H2,1-3H3,(H,31,32);6-7,9,13-14H,4-5,8,10H2,1-3H3,(H,31,32)(H,25,26,27);6-9,11H,2-5,10H2,1H3,(H,30,31);4-6,8,10,12H,2-3,7,9H2,1H3,(H,30,31)(H,24,25,26)/t14-;13-,14+;11-;10-,12+/m0000/s1. The van der Waals surface area contributed by atoms with Gasteiger partial charge in [0.15, 0.2) is 57.9 Å². The third-order valence-corrected chi connectivity index (χ3v) is 24.1. The molecule has 8 aliphatic rings. The van der Waals surface area contributed by atoms with Crippen LogP contribution in [0, 0.1) is 62.6 Å². The van der Waals surface area contributed by atoms with Crippen LogP contribution in [0.5, 0.6) is 23.0 Å². The fourth-order valence-corrected chi connectivity index (χ4v) is 17.9. The number of ether oxygens (including phenoxy) is 4. The highest BCUT2D eigenvalue weighted by molar-refractivity contribution is 6.01. The molecule has 16 heterocycles. The number of nitrogens with one attached hydrogen (secondary N) is 2. The normalized spacial score (nSPS) is 18.8. The monoisotopic (exact) mass is 1790 g/mol. The van der Waals surface area contributed by atoms with Gasteiger partial charge in [0.2, 0.25) is 45.5 Å². The molecular weight excluding hydrogens is 1710 g/mol. The van der Waals surface area contributed by atoms with Crippen molar-refractivity contribution in [1.29, 1.82) is 0 Å². The number of piperazine rings is 2. The molecule has 0 radical (unpaired) electrons. The van der Waals surface area contributed by atoms with Crippen LogP contribution < -0.4 is 80.7 Å². The average Bonchev–Trinajstić information content (AvgIpc) is 0.950. The summed E-state index contributed by atoms with van der Waals surface area (Å²) in [4.78, 5) is 142. The van der Waals surface area contributed by atoms with Crippen molar-refractivity contribution in [1.82, 2.24) is 58.1 Å². The van der Waals surface area contributed by atoms with Crippen LogP contribution in [0.15, 0.2) is 105 Å². The molecule has 0 unspecified atom stereocenters. The number of benzene rings is 4. The molecule has 4 fully saturated rings. The summed E-state index contributed by atoms with van der Waals surface area (Å²) < 4.78 is 118. The van der Waals surface area contributed by atoms with E-state index in [-0.39, 0.29) is 141 Å². The molecule has 0 aliphatic carbocycles. The maximum atomic E-state index is 15.4. The maximum Gasteiger partial charge on any atom is 0.341 e. The van der Waals surface area contributed by atoms with Gasteiger partial charge in [-0.3, -0.25) is 19.2 Å². The number of carboxylic acid groups (broad SMARTS) is 4. The molecule has 4 saturated heterocycles. The van der Waals surface area contributed by atoms with Crippen LogP contribution in [-0.2, 0) is 0 Å². The molecule has 20 rings (SSSR count). The Kier molecular flexibility index (Phi) is 23.3. The van der Waals surface area contributed by atoms with Crippen molar-refractivity contribution in [2.24, 2.45) is 0 Å². The Bertz CT molecular complexity index is 6600. The van der Waals surface area contributed by atoms with E-state index < -0.39 is 91.6 Å². The summed E-state index contributed by atoms with van der Waals surface area (Å²) in [6.07, 6.45) is 11.0. The smallest absolute Gasteiger partial charge is 0.341 e. The summed E-state index contributed by atoms with van der Waals surface area (Å²) in [5.41, 5.74) is 1.70. The van der Waals surface area contributed by atoms with Crippen LogP contribution in [0.1, 0.15) is 129 Å². The summed E-state index contributed by atoms with van der Waals surface area (Å²) in [5, 5.41) is 44.1. The molecule has 4 aromatic carbocycles. The van der Waals surface area contributed by atoms with E-state index in [1.54, 1.807) is 23.2 Å². The van der Waals surface area contributed by atoms with Crippen molar-refractivity contribution in [2.75, 3.05) is 145 Å².